The number of pyridine rings is 3. The first kappa shape index (κ1) is 110. The Kier molecular flexibility index (Phi) is 35.6. The number of aryl methyl sites for hydroxylation is 3. The molecule has 4 saturated heterocycles. The molecule has 0 radical (unpaired) electrons. The van der Waals surface area contributed by atoms with E-state index in [1.807, 2.05) is 126 Å². The van der Waals surface area contributed by atoms with Crippen LogP contribution in [0.1, 0.15) is 234 Å². The van der Waals surface area contributed by atoms with Crippen LogP contribution >= 0.6 is 82.6 Å². The number of fused-ring (bicyclic) bond motifs is 5. The molecule has 764 valence electrons. The van der Waals surface area contributed by atoms with Crippen molar-refractivity contribution in [2.24, 2.45) is 9.98 Å². The van der Waals surface area contributed by atoms with Crippen molar-refractivity contribution in [3.05, 3.63) is 334 Å². The van der Waals surface area contributed by atoms with Crippen LogP contribution in [-0.4, -0.2) is 134 Å². The Morgan fingerprint density at radius 3 is 1.21 bits per heavy atom. The summed E-state index contributed by atoms with van der Waals surface area (Å²) in [6.07, 6.45) is 15.6. The Hall–Kier alpha value is -9.15. The molecule has 8 aromatic carbocycles. The summed E-state index contributed by atoms with van der Waals surface area (Å²) in [6, 6.07) is 63.7. The van der Waals surface area contributed by atoms with Crippen molar-refractivity contribution in [1.82, 2.24) is 43.0 Å². The zero-order valence-electron chi connectivity index (χ0n) is 86.6. The fourth-order valence-corrected chi connectivity index (χ4v) is 21.8. The van der Waals surface area contributed by atoms with Crippen molar-refractivity contribution in [3.63, 3.8) is 0 Å². The predicted octanol–water partition coefficient (Wildman–Crippen LogP) is 28.0. The molecule has 6 aliphatic rings. The molecule has 3 unspecified atom stereocenters. The number of ether oxygens (including phenoxy) is 3. The predicted molar refractivity (Wildman–Crippen MR) is 606 cm³/mol. The van der Waals surface area contributed by atoms with Gasteiger partial charge in [-0.05, 0) is 321 Å². The standard InChI is InChI=1S/C32H40ClN3O3Si.C22H19ClN2O2.C19H27BN2O3.C19H25BrClNO2Si.C13H15BrN2O.C9H8BrN/c1-22-27-19-23(13-14-28(27)36(34-22)31-12-7-8-17-38-31)24-15-16-35(30(37)20-24)29(25-10-9-11-26(33)18-25)21-39-40(5,6)32(2,3)4;1-14-20-10-15(5-6-18(20)12-24-14)16-7-8-25(22(27)11-16)21(13-26)17-3-2-4-19(23)9-17;1-13-15-12-14(20-24-18(2,3)19(4,5)25-20)9-10-16(15)22(21-13)17-8-6-7-11-23-17;1-19(2,3)25(4,5)24-13-17(14-7-6-8-16(21)11-14)22-10-9-15(20)12-18(22)23;1-9-11-8-10(14)5-6-12(11)16(15-9)13-4-2-3-7-17-13;1-6-9-4-8(10)3-2-7(9)5-11-6/h9-11,13-16,18-20,29,31H,7-8,12,17,21H2,1-6H3;2-11,21,26H,12-13H2,1H3;9-10,12,17H,6-8,11H2,1-5H3;6-12,17H,13H2,1-5H3;5-6,8,13H,2-4,7H2,1H3;2-4H,5H2,1H3/t29-,31?;21-;;17-;;/m11.1../s1. The minimum Gasteiger partial charge on any atom is -0.414 e. The van der Waals surface area contributed by atoms with E-state index in [0.29, 0.717) is 28.3 Å². The molecule has 6 aromatic heterocycles. The van der Waals surface area contributed by atoms with Gasteiger partial charge in [-0.15, -0.1) is 0 Å². The number of hydrogen-bond acceptors (Lipinski definition) is 16. The minimum absolute atomic E-state index is 0.0170. The monoisotopic (exact) mass is 2240 g/mol. The van der Waals surface area contributed by atoms with E-state index in [-0.39, 0.29) is 82.4 Å². The highest BCUT2D eigenvalue weighted by Gasteiger charge is 2.52. The molecule has 6 atom stereocenters. The number of benzene rings is 8. The Morgan fingerprint density at radius 1 is 0.428 bits per heavy atom. The number of nitrogens with zero attached hydrogens (tertiary/aromatic N) is 11. The first-order chi connectivity index (χ1) is 68.8. The molecule has 0 amide bonds. The molecule has 0 spiro atoms. The molecule has 0 bridgehead atoms. The first-order valence-electron chi connectivity index (χ1n) is 50.1. The molecular formula is C114H134BBr3Cl3N11O11Si2. The van der Waals surface area contributed by atoms with Crippen LogP contribution in [0.2, 0.25) is 51.3 Å². The lowest BCUT2D eigenvalue weighted by atomic mass is 9.78. The van der Waals surface area contributed by atoms with Crippen LogP contribution in [0.4, 0.5) is 0 Å². The number of hydrogen-bond donors (Lipinski definition) is 1. The molecule has 22 nitrogen and oxygen atoms in total. The van der Waals surface area contributed by atoms with Gasteiger partial charge in [-0.3, -0.25) is 24.4 Å². The third-order valence-corrected chi connectivity index (χ3v) is 40.8. The number of aliphatic imine (C=N–C) groups is 2. The van der Waals surface area contributed by atoms with E-state index in [1.54, 1.807) is 51.9 Å². The topological polar surface area (TPSA) is 229 Å². The summed E-state index contributed by atoms with van der Waals surface area (Å²) < 4.78 is 57.2. The second-order valence-corrected chi connectivity index (χ2v) is 55.9. The van der Waals surface area contributed by atoms with Gasteiger partial charge in [-0.1, -0.05) is 197 Å². The van der Waals surface area contributed by atoms with E-state index in [9.17, 15) is 19.5 Å². The van der Waals surface area contributed by atoms with E-state index >= 15 is 0 Å². The highest BCUT2D eigenvalue weighted by molar-refractivity contribution is 9.11. The van der Waals surface area contributed by atoms with Crippen molar-refractivity contribution in [2.75, 3.05) is 39.6 Å². The smallest absolute Gasteiger partial charge is 0.414 e. The maximum atomic E-state index is 13.6. The van der Waals surface area contributed by atoms with Crippen LogP contribution in [0, 0.1) is 20.8 Å². The molecule has 31 heteroatoms. The van der Waals surface area contributed by atoms with E-state index < -0.39 is 22.7 Å². The number of aliphatic hydroxyl groups is 1. The van der Waals surface area contributed by atoms with Crippen molar-refractivity contribution >= 4 is 156 Å². The van der Waals surface area contributed by atoms with Gasteiger partial charge in [0.05, 0.1) is 95.9 Å². The Bertz CT molecular complexity index is 7230. The van der Waals surface area contributed by atoms with Gasteiger partial charge < -0.3 is 51.2 Å². The number of aliphatic hydroxyl groups excluding tert-OH is 1. The summed E-state index contributed by atoms with van der Waals surface area (Å²) in [5.74, 6) is 0. The second kappa shape index (κ2) is 46.9. The zero-order chi connectivity index (χ0) is 104. The lowest BCUT2D eigenvalue weighted by Gasteiger charge is -2.37. The quantitative estimate of drug-likeness (QED) is 0.0743. The Balaban J connectivity index is 0.000000135. The summed E-state index contributed by atoms with van der Waals surface area (Å²) in [4.78, 5) is 47.7. The van der Waals surface area contributed by atoms with Gasteiger partial charge in [-0.25, -0.2) is 14.0 Å². The summed E-state index contributed by atoms with van der Waals surface area (Å²) in [7, 11) is -4.31. The van der Waals surface area contributed by atoms with Crippen LogP contribution in [0.15, 0.2) is 257 Å². The molecule has 0 saturated carbocycles. The average Bonchev–Trinajstić information content (AvgIpc) is 1.65. The SMILES string of the molecule is CC(C)(C)[Si](C)(C)OC[C@H](c1cccc(Cl)c1)n1ccc(Br)cc1=O.CC1=NCc2ccc(-c3ccn([C@H](CO)c4cccc(Cl)c4)c(=O)c3)cc21.CC1=NCc2ccc(Br)cc21.Cc1nn(C2CCCCO2)c2ccc(-c3ccn([C@H](CO[Si](C)(C)C(C)(C)C)c4cccc(Cl)c4)c(=O)c3)cc12.Cc1nn(C2CCCCO2)c2ccc(B3OC(C)(C)C(C)(C)O3)cc12.Cc1nn(C2CCCCO2)c2ccc(Br)cc12. The fourth-order valence-electron chi connectivity index (χ4n) is 18.2. The molecule has 12 heterocycles. The van der Waals surface area contributed by atoms with E-state index in [0.717, 1.165) is 191 Å². The summed E-state index contributed by atoms with van der Waals surface area (Å²) in [6.45, 7) is 45.4. The third kappa shape index (κ3) is 26.1. The number of halogens is 6. The van der Waals surface area contributed by atoms with Crippen LogP contribution in [0.5, 0.6) is 0 Å². The van der Waals surface area contributed by atoms with Gasteiger partial charge in [0.1, 0.15) is 0 Å². The van der Waals surface area contributed by atoms with E-state index in [1.165, 1.54) is 45.9 Å². The van der Waals surface area contributed by atoms with Crippen LogP contribution < -0.4 is 22.1 Å². The van der Waals surface area contributed by atoms with Gasteiger partial charge in [0.15, 0.2) is 35.3 Å². The van der Waals surface area contributed by atoms with Crippen molar-refractivity contribution in [1.29, 1.82) is 0 Å². The molecule has 4 fully saturated rings. The van der Waals surface area contributed by atoms with Crippen molar-refractivity contribution in [2.45, 2.75) is 259 Å². The molecule has 0 aliphatic carbocycles. The molecule has 1 N–H and O–H groups in total. The highest BCUT2D eigenvalue weighted by Crippen LogP contribution is 2.43. The maximum absolute atomic E-state index is 13.6. The van der Waals surface area contributed by atoms with E-state index in [2.05, 4.69) is 257 Å². The van der Waals surface area contributed by atoms with Gasteiger partial charge in [-0.2, -0.15) is 15.3 Å². The lowest BCUT2D eigenvalue weighted by molar-refractivity contribution is -0.0369. The average molecular weight is 2250 g/mol. The molecular weight excluding hydrogens is 2110 g/mol. The summed E-state index contributed by atoms with van der Waals surface area (Å²) >= 11 is 28.9. The van der Waals surface area contributed by atoms with Crippen molar-refractivity contribution in [3.8, 4) is 22.3 Å². The molecule has 20 rings (SSSR count). The third-order valence-electron chi connectivity index (χ3n) is 29.6. The number of aromatic nitrogens is 9. The maximum Gasteiger partial charge on any atom is 0.494 e. The normalized spacial score (nSPS) is 17.7. The van der Waals surface area contributed by atoms with Gasteiger partial charge >= 0.3 is 7.12 Å². The number of rotatable bonds is 19. The molecule has 14 aromatic rings. The minimum atomic E-state index is -2.04. The van der Waals surface area contributed by atoms with Crippen molar-refractivity contribution < 1.29 is 37.5 Å². The van der Waals surface area contributed by atoms with Crippen LogP contribution in [0.25, 0.3) is 55.0 Å². The molecule has 145 heavy (non-hydrogen) atoms. The van der Waals surface area contributed by atoms with Crippen LogP contribution in [0.3, 0.4) is 0 Å². The van der Waals surface area contributed by atoms with Gasteiger partial charge in [0.25, 0.3) is 16.7 Å². The zero-order valence-corrected chi connectivity index (χ0v) is 95.6. The van der Waals surface area contributed by atoms with E-state index in [4.69, 9.17) is 77.4 Å². The van der Waals surface area contributed by atoms with Gasteiger partial charge in [0, 0.05) is 124 Å². The Morgan fingerprint density at radius 2 is 0.786 bits per heavy atom. The summed E-state index contributed by atoms with van der Waals surface area (Å²) in [5.41, 5.74) is 20.0. The first-order valence-corrected chi connectivity index (χ1v) is 59.4. The van der Waals surface area contributed by atoms with Crippen LogP contribution in [-0.2, 0) is 45.5 Å². The lowest BCUT2D eigenvalue weighted by Crippen LogP contribution is -2.43. The van der Waals surface area contributed by atoms with Gasteiger partial charge in [0.2, 0.25) is 0 Å². The highest BCUT2D eigenvalue weighted by atomic mass is 79.9. The largest absolute Gasteiger partial charge is 0.494 e. The summed E-state index contributed by atoms with van der Waals surface area (Å²) in [5, 5.41) is 29.5. The second-order valence-electron chi connectivity index (χ2n) is 42.2. The Labute approximate surface area is 894 Å². The molecule has 6 aliphatic heterocycles. The fraction of sp³-hybridized carbons (Fsp3) is 0.404.